The van der Waals surface area contributed by atoms with E-state index in [-0.39, 0.29) is 18.4 Å². The standard InChI is InChI=1S/C18H15FN4O2/c1-11-21-17(25)18(22-11,13-3-2-6-20-8-13)10-23-9-12-4-5-14(19)7-15(12)16(23)24/h2-8,22H,1,9-10H2,(H,21,25). The van der Waals surface area contributed by atoms with Gasteiger partial charge in [0.05, 0.1) is 12.4 Å². The van der Waals surface area contributed by atoms with Crippen molar-refractivity contribution in [3.63, 3.8) is 0 Å². The summed E-state index contributed by atoms with van der Waals surface area (Å²) in [6.07, 6.45) is 3.19. The highest BCUT2D eigenvalue weighted by Gasteiger charge is 2.48. The van der Waals surface area contributed by atoms with E-state index in [9.17, 15) is 14.0 Å². The van der Waals surface area contributed by atoms with Gasteiger partial charge >= 0.3 is 0 Å². The van der Waals surface area contributed by atoms with Crippen molar-refractivity contribution in [3.8, 4) is 0 Å². The van der Waals surface area contributed by atoms with E-state index in [0.29, 0.717) is 23.5 Å². The maximum atomic E-state index is 13.5. The highest BCUT2D eigenvalue weighted by atomic mass is 19.1. The molecule has 2 aliphatic rings. The molecule has 3 heterocycles. The van der Waals surface area contributed by atoms with Crippen LogP contribution < -0.4 is 10.6 Å². The molecule has 2 aliphatic heterocycles. The monoisotopic (exact) mass is 338 g/mol. The summed E-state index contributed by atoms with van der Waals surface area (Å²) in [4.78, 5) is 30.9. The Bertz CT molecular complexity index is 899. The van der Waals surface area contributed by atoms with Gasteiger partial charge in [-0.05, 0) is 23.8 Å². The number of nitrogens with one attached hydrogen (secondary N) is 2. The first kappa shape index (κ1) is 15.3. The van der Waals surface area contributed by atoms with Crippen LogP contribution in [-0.4, -0.2) is 28.2 Å². The third-order valence-corrected chi connectivity index (χ3v) is 4.55. The zero-order valence-electron chi connectivity index (χ0n) is 13.3. The Kier molecular flexibility index (Phi) is 3.31. The summed E-state index contributed by atoms with van der Waals surface area (Å²) in [6, 6.07) is 7.65. The number of benzene rings is 1. The highest BCUT2D eigenvalue weighted by molar-refractivity contribution is 5.99. The quantitative estimate of drug-likeness (QED) is 0.884. The molecule has 1 saturated heterocycles. The number of aromatic nitrogens is 1. The van der Waals surface area contributed by atoms with Crippen LogP contribution in [0.1, 0.15) is 21.5 Å². The Hall–Kier alpha value is -3.22. The normalized spacial score (nSPS) is 22.0. The Labute approximate surface area is 143 Å². The van der Waals surface area contributed by atoms with Gasteiger partial charge in [0, 0.05) is 30.1 Å². The molecule has 0 radical (unpaired) electrons. The van der Waals surface area contributed by atoms with Crippen LogP contribution in [0.5, 0.6) is 0 Å². The summed E-state index contributed by atoms with van der Waals surface area (Å²) < 4.78 is 13.5. The van der Waals surface area contributed by atoms with Crippen LogP contribution in [0, 0.1) is 5.82 Å². The molecule has 0 aliphatic carbocycles. The molecule has 4 rings (SSSR count). The average molecular weight is 338 g/mol. The van der Waals surface area contributed by atoms with Crippen molar-refractivity contribution < 1.29 is 14.0 Å². The van der Waals surface area contributed by atoms with Gasteiger partial charge in [0.2, 0.25) is 0 Å². The van der Waals surface area contributed by atoms with Crippen molar-refractivity contribution in [2.24, 2.45) is 0 Å². The number of hydrogen-bond acceptors (Lipinski definition) is 4. The second-order valence-electron chi connectivity index (χ2n) is 6.17. The smallest absolute Gasteiger partial charge is 0.257 e. The van der Waals surface area contributed by atoms with Crippen molar-refractivity contribution >= 4 is 11.8 Å². The predicted molar refractivity (Wildman–Crippen MR) is 87.5 cm³/mol. The molecule has 2 aromatic rings. The first-order chi connectivity index (χ1) is 12.0. The summed E-state index contributed by atoms with van der Waals surface area (Å²) in [5, 5.41) is 5.71. The fraction of sp³-hybridized carbons (Fsp3) is 0.167. The van der Waals surface area contributed by atoms with Gasteiger partial charge in [0.25, 0.3) is 11.8 Å². The largest absolute Gasteiger partial charge is 0.353 e. The minimum absolute atomic E-state index is 0.0820. The predicted octanol–water partition coefficient (Wildman–Crippen LogP) is 1.26. The first-order valence-electron chi connectivity index (χ1n) is 7.76. The lowest BCUT2D eigenvalue weighted by atomic mass is 9.90. The van der Waals surface area contributed by atoms with Crippen LogP contribution in [0.4, 0.5) is 4.39 Å². The van der Waals surface area contributed by atoms with E-state index < -0.39 is 11.4 Å². The van der Waals surface area contributed by atoms with Crippen molar-refractivity contribution in [1.82, 2.24) is 20.5 Å². The van der Waals surface area contributed by atoms with E-state index in [1.807, 2.05) is 0 Å². The van der Waals surface area contributed by atoms with E-state index in [1.54, 1.807) is 30.6 Å². The molecule has 0 spiro atoms. The molecule has 7 heteroatoms. The third-order valence-electron chi connectivity index (χ3n) is 4.55. The van der Waals surface area contributed by atoms with Crippen molar-refractivity contribution in [2.75, 3.05) is 6.54 Å². The molecular formula is C18H15FN4O2. The maximum absolute atomic E-state index is 13.5. The first-order valence-corrected chi connectivity index (χ1v) is 7.76. The van der Waals surface area contributed by atoms with Crippen LogP contribution in [0.3, 0.4) is 0 Å². The fourth-order valence-electron chi connectivity index (χ4n) is 3.36. The molecule has 1 fully saturated rings. The van der Waals surface area contributed by atoms with Crippen molar-refractivity contribution in [2.45, 2.75) is 12.1 Å². The van der Waals surface area contributed by atoms with Gasteiger partial charge < -0.3 is 15.5 Å². The number of amides is 2. The molecule has 25 heavy (non-hydrogen) atoms. The number of carbonyl (C=O) groups is 2. The Morgan fingerprint density at radius 1 is 1.32 bits per heavy atom. The lowest BCUT2D eigenvalue weighted by Gasteiger charge is -2.31. The Balaban J connectivity index is 1.71. The number of nitrogens with zero attached hydrogens (tertiary/aromatic N) is 2. The molecule has 1 atom stereocenters. The fourth-order valence-corrected chi connectivity index (χ4v) is 3.36. The zero-order chi connectivity index (χ0) is 17.6. The average Bonchev–Trinajstić information content (AvgIpc) is 3.06. The molecule has 0 bridgehead atoms. The summed E-state index contributed by atoms with van der Waals surface area (Å²) in [7, 11) is 0. The second-order valence-corrected chi connectivity index (χ2v) is 6.17. The summed E-state index contributed by atoms with van der Waals surface area (Å²) in [5.74, 6) is -0.699. The minimum atomic E-state index is -1.18. The zero-order valence-corrected chi connectivity index (χ0v) is 13.3. The van der Waals surface area contributed by atoms with Crippen LogP contribution >= 0.6 is 0 Å². The second kappa shape index (κ2) is 5.41. The lowest BCUT2D eigenvalue weighted by molar-refractivity contribution is -0.124. The summed E-state index contributed by atoms with van der Waals surface area (Å²) in [5.41, 5.74) is 0.520. The summed E-state index contributed by atoms with van der Waals surface area (Å²) >= 11 is 0. The molecule has 2 N–H and O–H groups in total. The van der Waals surface area contributed by atoms with E-state index >= 15 is 0 Å². The van der Waals surface area contributed by atoms with Crippen molar-refractivity contribution in [1.29, 1.82) is 0 Å². The number of rotatable bonds is 3. The maximum Gasteiger partial charge on any atom is 0.257 e. The van der Waals surface area contributed by atoms with E-state index in [2.05, 4.69) is 22.2 Å². The number of halogens is 1. The summed E-state index contributed by atoms with van der Waals surface area (Å²) in [6.45, 7) is 4.15. The number of pyridine rings is 1. The van der Waals surface area contributed by atoms with E-state index in [0.717, 1.165) is 5.56 Å². The Morgan fingerprint density at radius 2 is 2.16 bits per heavy atom. The van der Waals surface area contributed by atoms with Gasteiger partial charge in [-0.3, -0.25) is 14.6 Å². The lowest BCUT2D eigenvalue weighted by Crippen LogP contribution is -2.52. The van der Waals surface area contributed by atoms with Gasteiger partial charge in [0.15, 0.2) is 5.54 Å². The van der Waals surface area contributed by atoms with Gasteiger partial charge in [-0.1, -0.05) is 18.7 Å². The SMILES string of the molecule is C=C1NC(=O)C(CN2Cc3ccc(F)cc3C2=O)(c2cccnc2)N1. The minimum Gasteiger partial charge on any atom is -0.353 e. The van der Waals surface area contributed by atoms with E-state index in [4.69, 9.17) is 0 Å². The molecular weight excluding hydrogens is 323 g/mol. The number of fused-ring (bicyclic) bond motifs is 1. The molecule has 1 aromatic heterocycles. The van der Waals surface area contributed by atoms with Crippen LogP contribution in [0.2, 0.25) is 0 Å². The molecule has 2 amide bonds. The number of hydrogen-bond donors (Lipinski definition) is 2. The molecule has 126 valence electrons. The third kappa shape index (κ3) is 2.36. The topological polar surface area (TPSA) is 74.3 Å². The molecule has 1 unspecified atom stereocenters. The van der Waals surface area contributed by atoms with Crippen LogP contribution in [0.25, 0.3) is 0 Å². The van der Waals surface area contributed by atoms with Crippen molar-refractivity contribution in [3.05, 3.63) is 77.6 Å². The van der Waals surface area contributed by atoms with Crippen LogP contribution in [0.15, 0.2) is 55.1 Å². The number of carbonyl (C=O) groups excluding carboxylic acids is 2. The van der Waals surface area contributed by atoms with Gasteiger partial charge in [0.1, 0.15) is 5.82 Å². The molecule has 6 nitrogen and oxygen atoms in total. The van der Waals surface area contributed by atoms with Crippen LogP contribution in [-0.2, 0) is 16.9 Å². The molecule has 1 aromatic carbocycles. The van der Waals surface area contributed by atoms with E-state index in [1.165, 1.54) is 17.0 Å². The van der Waals surface area contributed by atoms with Gasteiger partial charge in [-0.2, -0.15) is 0 Å². The Morgan fingerprint density at radius 3 is 2.84 bits per heavy atom. The molecule has 0 saturated carbocycles. The highest BCUT2D eigenvalue weighted by Crippen LogP contribution is 2.31. The van der Waals surface area contributed by atoms with Gasteiger partial charge in [-0.15, -0.1) is 0 Å². The van der Waals surface area contributed by atoms with Gasteiger partial charge in [-0.25, -0.2) is 4.39 Å².